The summed E-state index contributed by atoms with van der Waals surface area (Å²) in [5.74, 6) is 0.957. The van der Waals surface area contributed by atoms with Crippen molar-refractivity contribution in [3.63, 3.8) is 0 Å². The first kappa shape index (κ1) is 15.1. The molecule has 0 atom stereocenters. The fourth-order valence-electron chi connectivity index (χ4n) is 0.944. The van der Waals surface area contributed by atoms with E-state index < -0.39 is 0 Å². The lowest BCUT2D eigenvalue weighted by molar-refractivity contribution is 0.553. The number of nitrogens with zero attached hydrogens (tertiary/aromatic N) is 3. The van der Waals surface area contributed by atoms with E-state index >= 15 is 0 Å². The Bertz CT molecular complexity index is 125. The Labute approximate surface area is 88.4 Å². The lowest BCUT2D eigenvalue weighted by Gasteiger charge is -2.13. The minimum absolute atomic E-state index is 0.957. The largest absolute Gasteiger partial charge is 0.343 e. The molecular formula is C9H23N3S. The lowest BCUT2D eigenvalue weighted by Crippen LogP contribution is -2.27. The molecule has 0 aromatic carbocycles. The van der Waals surface area contributed by atoms with Gasteiger partial charge in [-0.05, 0) is 12.8 Å². The van der Waals surface area contributed by atoms with Crippen LogP contribution in [-0.2, 0) is 0 Å². The molecule has 0 radical (unpaired) electrons. The first-order chi connectivity index (χ1) is 6.25. The summed E-state index contributed by atoms with van der Waals surface area (Å²) < 4.78 is 3.81. The molecule has 0 aromatic rings. The number of thiol groups is 1. The van der Waals surface area contributed by atoms with Gasteiger partial charge < -0.3 is 9.80 Å². The first-order valence-electron chi connectivity index (χ1n) is 4.90. The Kier molecular flexibility index (Phi) is 11.3. The van der Waals surface area contributed by atoms with Crippen LogP contribution in [0.15, 0.2) is 4.40 Å². The third-order valence-electron chi connectivity index (χ3n) is 1.54. The molecule has 0 aliphatic carbocycles. The maximum absolute atomic E-state index is 3.84. The molecule has 1 fully saturated rings. The number of hydrogen-bond donors (Lipinski definition) is 1. The van der Waals surface area contributed by atoms with E-state index in [1.165, 1.54) is 0 Å². The van der Waals surface area contributed by atoms with Crippen LogP contribution in [0.5, 0.6) is 0 Å². The topological polar surface area (TPSA) is 18.8 Å². The zero-order valence-corrected chi connectivity index (χ0v) is 10.6. The maximum Gasteiger partial charge on any atom is 0.207 e. The molecule has 1 saturated heterocycles. The molecule has 80 valence electrons. The van der Waals surface area contributed by atoms with Gasteiger partial charge >= 0.3 is 0 Å². The van der Waals surface area contributed by atoms with Gasteiger partial charge in [-0.15, -0.1) is 0 Å². The second-order valence-electron chi connectivity index (χ2n) is 2.24. The Hall–Kier alpha value is -0.380. The molecule has 1 rings (SSSR count). The Morgan fingerprint density at radius 3 is 1.46 bits per heavy atom. The van der Waals surface area contributed by atoms with Gasteiger partial charge in [-0.25, -0.2) is 0 Å². The monoisotopic (exact) mass is 205 g/mol. The summed E-state index contributed by atoms with van der Waals surface area (Å²) in [6.45, 7) is 10.1. The van der Waals surface area contributed by atoms with Crippen molar-refractivity contribution in [1.29, 1.82) is 0 Å². The summed E-state index contributed by atoms with van der Waals surface area (Å²) in [5.41, 5.74) is 0. The van der Waals surface area contributed by atoms with Crippen molar-refractivity contribution >= 4 is 18.8 Å². The van der Waals surface area contributed by atoms with Crippen LogP contribution in [0.4, 0.5) is 0 Å². The van der Waals surface area contributed by atoms with E-state index in [0.717, 1.165) is 19.0 Å². The molecule has 0 N–H and O–H groups in total. The van der Waals surface area contributed by atoms with Crippen LogP contribution in [0.3, 0.4) is 0 Å². The maximum atomic E-state index is 3.84. The average molecular weight is 205 g/mol. The van der Waals surface area contributed by atoms with Crippen LogP contribution >= 0.6 is 12.8 Å². The molecule has 1 heterocycles. The van der Waals surface area contributed by atoms with Crippen molar-refractivity contribution in [2.45, 2.75) is 27.7 Å². The molecule has 0 unspecified atom stereocenters. The highest BCUT2D eigenvalue weighted by Crippen LogP contribution is 2.03. The van der Waals surface area contributed by atoms with Gasteiger partial charge in [0.15, 0.2) is 0 Å². The van der Waals surface area contributed by atoms with Gasteiger partial charge in [-0.1, -0.05) is 27.7 Å². The highest BCUT2D eigenvalue weighted by molar-refractivity contribution is 7.79. The van der Waals surface area contributed by atoms with Crippen LogP contribution in [-0.4, -0.2) is 42.9 Å². The third-order valence-corrected chi connectivity index (χ3v) is 1.72. The van der Waals surface area contributed by atoms with Gasteiger partial charge in [0.05, 0.1) is 0 Å². The second kappa shape index (κ2) is 9.71. The fourth-order valence-corrected chi connectivity index (χ4v) is 1.25. The summed E-state index contributed by atoms with van der Waals surface area (Å²) in [6.07, 6.45) is 0. The molecule has 0 spiro atoms. The van der Waals surface area contributed by atoms with Crippen molar-refractivity contribution in [1.82, 2.24) is 9.80 Å². The summed E-state index contributed by atoms with van der Waals surface area (Å²) >= 11 is 3.84. The number of hydrogen-bond acceptors (Lipinski definition) is 2. The van der Waals surface area contributed by atoms with Gasteiger partial charge in [0.1, 0.15) is 0 Å². The standard InChI is InChI=1S/C5H11N3S.2C2H6/c1-7-3-4-8(2)5(7)6-9;2*1-2/h9H,3-4H2,1-2H3;2*1-2H3. The zero-order valence-electron chi connectivity index (χ0n) is 9.70. The minimum Gasteiger partial charge on any atom is -0.343 e. The highest BCUT2D eigenvalue weighted by Gasteiger charge is 2.18. The Morgan fingerprint density at radius 1 is 1.00 bits per heavy atom. The number of guanidine groups is 1. The molecule has 1 aliphatic heterocycles. The van der Waals surface area contributed by atoms with Gasteiger partial charge in [0, 0.05) is 27.2 Å². The van der Waals surface area contributed by atoms with Crippen LogP contribution in [0.1, 0.15) is 27.7 Å². The average Bonchev–Trinajstić information content (AvgIpc) is 2.52. The minimum atomic E-state index is 0.957. The predicted octanol–water partition coefficient (Wildman–Crippen LogP) is 2.12. The SMILES string of the molecule is CC.CC.CN1CCN(C)C1=NS. The molecule has 0 aromatic heterocycles. The smallest absolute Gasteiger partial charge is 0.207 e. The number of likely N-dealkylation sites (N-methyl/N-ethyl adjacent to an activating group) is 2. The van der Waals surface area contributed by atoms with E-state index in [0.29, 0.717) is 0 Å². The summed E-state index contributed by atoms with van der Waals surface area (Å²) in [7, 11) is 4.02. The molecule has 13 heavy (non-hydrogen) atoms. The second-order valence-corrected chi connectivity index (χ2v) is 2.44. The normalized spacial score (nSPS) is 14.2. The van der Waals surface area contributed by atoms with Crippen molar-refractivity contribution in [2.24, 2.45) is 4.40 Å². The summed E-state index contributed by atoms with van der Waals surface area (Å²) in [5, 5.41) is 0. The Balaban J connectivity index is 0. The van der Waals surface area contributed by atoms with E-state index in [-0.39, 0.29) is 0 Å². The van der Waals surface area contributed by atoms with Crippen LogP contribution in [0, 0.1) is 0 Å². The van der Waals surface area contributed by atoms with Crippen molar-refractivity contribution < 1.29 is 0 Å². The van der Waals surface area contributed by atoms with E-state index in [1.807, 2.05) is 41.8 Å². The van der Waals surface area contributed by atoms with Gasteiger partial charge in [0.2, 0.25) is 5.96 Å². The summed E-state index contributed by atoms with van der Waals surface area (Å²) in [6, 6.07) is 0. The van der Waals surface area contributed by atoms with Crippen molar-refractivity contribution in [2.75, 3.05) is 27.2 Å². The summed E-state index contributed by atoms with van der Waals surface area (Å²) in [4.78, 5) is 4.15. The van der Waals surface area contributed by atoms with Crippen molar-refractivity contribution in [3.8, 4) is 0 Å². The molecule has 0 saturated carbocycles. The van der Waals surface area contributed by atoms with Crippen LogP contribution in [0.2, 0.25) is 0 Å². The predicted molar refractivity (Wildman–Crippen MR) is 64.4 cm³/mol. The van der Waals surface area contributed by atoms with Crippen molar-refractivity contribution in [3.05, 3.63) is 0 Å². The van der Waals surface area contributed by atoms with E-state index in [2.05, 4.69) is 27.0 Å². The van der Waals surface area contributed by atoms with Crippen LogP contribution < -0.4 is 0 Å². The molecule has 1 aliphatic rings. The molecule has 0 bridgehead atoms. The van der Waals surface area contributed by atoms with Crippen LogP contribution in [0.25, 0.3) is 0 Å². The number of rotatable bonds is 0. The van der Waals surface area contributed by atoms with E-state index in [9.17, 15) is 0 Å². The fraction of sp³-hybridized carbons (Fsp3) is 0.889. The highest BCUT2D eigenvalue weighted by atomic mass is 32.1. The van der Waals surface area contributed by atoms with Gasteiger partial charge in [0.25, 0.3) is 0 Å². The zero-order chi connectivity index (χ0) is 10.9. The van der Waals surface area contributed by atoms with Gasteiger partial charge in [-0.3, -0.25) is 0 Å². The third kappa shape index (κ3) is 5.03. The lowest BCUT2D eigenvalue weighted by atomic mass is 10.6. The Morgan fingerprint density at radius 2 is 1.31 bits per heavy atom. The molecule has 0 amide bonds. The van der Waals surface area contributed by atoms with Gasteiger partial charge in [-0.2, -0.15) is 4.40 Å². The molecule has 3 nitrogen and oxygen atoms in total. The molecule has 4 heteroatoms. The van der Waals surface area contributed by atoms with E-state index in [1.54, 1.807) is 0 Å². The quantitative estimate of drug-likeness (QED) is 0.611. The molecular weight excluding hydrogens is 182 g/mol. The van der Waals surface area contributed by atoms with E-state index in [4.69, 9.17) is 0 Å². The first-order valence-corrected chi connectivity index (χ1v) is 5.30.